The van der Waals surface area contributed by atoms with Crippen molar-refractivity contribution < 1.29 is 23.9 Å². The second-order valence-corrected chi connectivity index (χ2v) is 7.58. The fraction of sp³-hybridized carbons (Fsp3) is 0.0870. The van der Waals surface area contributed by atoms with Gasteiger partial charge in [-0.2, -0.15) is 0 Å². The van der Waals surface area contributed by atoms with Crippen LogP contribution in [0.1, 0.15) is 10.4 Å². The maximum absolute atomic E-state index is 12.2. The Hall–Kier alpha value is -3.40. The lowest BCUT2D eigenvalue weighted by Gasteiger charge is -2.09. The molecule has 0 aromatic heterocycles. The summed E-state index contributed by atoms with van der Waals surface area (Å²) in [7, 11) is 0. The second kappa shape index (κ2) is 11.1. The van der Waals surface area contributed by atoms with Crippen molar-refractivity contribution in [3.05, 3.63) is 88.0 Å². The summed E-state index contributed by atoms with van der Waals surface area (Å²) in [5.41, 5.74) is 0.971. The average molecular weight is 530 g/mol. The van der Waals surface area contributed by atoms with Gasteiger partial charge in [-0.25, -0.2) is 0 Å². The molecule has 158 valence electrons. The van der Waals surface area contributed by atoms with Crippen LogP contribution < -0.4 is 15.4 Å². The molecule has 0 heterocycles. The quantitative estimate of drug-likeness (QED) is 0.340. The Bertz CT molecular complexity index is 1040. The number of ether oxygens (including phenoxy) is 2. The molecule has 0 unspecified atom stereocenters. The fourth-order valence-electron chi connectivity index (χ4n) is 2.48. The molecule has 0 radical (unpaired) electrons. The Morgan fingerprint density at radius 1 is 0.806 bits per heavy atom. The number of halogens is 1. The highest BCUT2D eigenvalue weighted by molar-refractivity contribution is 14.1. The first-order valence-electron chi connectivity index (χ1n) is 9.32. The van der Waals surface area contributed by atoms with E-state index in [9.17, 15) is 14.4 Å². The Kier molecular flexibility index (Phi) is 7.99. The van der Waals surface area contributed by atoms with Gasteiger partial charge >= 0.3 is 5.97 Å². The highest BCUT2D eigenvalue weighted by Crippen LogP contribution is 2.21. The van der Waals surface area contributed by atoms with Crippen LogP contribution in [0.25, 0.3) is 0 Å². The molecule has 7 nitrogen and oxygen atoms in total. The first kappa shape index (κ1) is 22.3. The van der Waals surface area contributed by atoms with E-state index in [-0.39, 0.29) is 6.54 Å². The van der Waals surface area contributed by atoms with Crippen LogP contribution in [0, 0.1) is 3.57 Å². The van der Waals surface area contributed by atoms with Crippen LogP contribution in [-0.2, 0) is 14.3 Å². The number of anilines is 1. The second-order valence-electron chi connectivity index (χ2n) is 6.34. The standard InChI is InChI=1S/C23H19IN2O5/c24-17-8-10-18(11-9-17)26-21(27)15-30-22(28)14-25-23(29)16-6-12-20(13-7-16)31-19-4-2-1-3-5-19/h1-13H,14-15H2,(H,25,29)(H,26,27). The van der Waals surface area contributed by atoms with Gasteiger partial charge in [0.15, 0.2) is 6.61 Å². The van der Waals surface area contributed by atoms with E-state index in [2.05, 4.69) is 33.2 Å². The summed E-state index contributed by atoms with van der Waals surface area (Å²) in [5, 5.41) is 5.08. The summed E-state index contributed by atoms with van der Waals surface area (Å²) < 4.78 is 11.6. The molecule has 0 aliphatic rings. The van der Waals surface area contributed by atoms with Gasteiger partial charge in [-0.1, -0.05) is 18.2 Å². The van der Waals surface area contributed by atoms with Crippen molar-refractivity contribution in [1.29, 1.82) is 0 Å². The lowest BCUT2D eigenvalue weighted by Crippen LogP contribution is -2.32. The minimum atomic E-state index is -0.713. The third-order valence-electron chi connectivity index (χ3n) is 3.98. The summed E-state index contributed by atoms with van der Waals surface area (Å²) in [6, 6.07) is 23.0. The monoisotopic (exact) mass is 530 g/mol. The molecule has 3 aromatic carbocycles. The van der Waals surface area contributed by atoms with E-state index in [4.69, 9.17) is 9.47 Å². The molecule has 3 aromatic rings. The number of benzene rings is 3. The van der Waals surface area contributed by atoms with E-state index in [0.717, 1.165) is 3.57 Å². The van der Waals surface area contributed by atoms with Crippen LogP contribution in [0.2, 0.25) is 0 Å². The van der Waals surface area contributed by atoms with Gasteiger partial charge in [0.05, 0.1) is 0 Å². The minimum Gasteiger partial charge on any atom is -0.457 e. The molecule has 8 heteroatoms. The molecule has 0 saturated carbocycles. The number of hydrogen-bond donors (Lipinski definition) is 2. The number of carbonyl (C=O) groups is 3. The molecule has 2 amide bonds. The van der Waals surface area contributed by atoms with E-state index in [1.54, 1.807) is 36.4 Å². The van der Waals surface area contributed by atoms with Crippen molar-refractivity contribution in [3.8, 4) is 11.5 Å². The number of nitrogens with one attached hydrogen (secondary N) is 2. The Morgan fingerprint density at radius 2 is 1.45 bits per heavy atom. The SMILES string of the molecule is O=C(COC(=O)CNC(=O)c1ccc(Oc2ccccc2)cc1)Nc1ccc(I)cc1. The summed E-state index contributed by atoms with van der Waals surface area (Å²) in [6.07, 6.45) is 0. The van der Waals surface area contributed by atoms with Crippen LogP contribution in [0.15, 0.2) is 78.9 Å². The van der Waals surface area contributed by atoms with Crippen molar-refractivity contribution in [2.75, 3.05) is 18.5 Å². The van der Waals surface area contributed by atoms with Crippen molar-refractivity contribution >= 4 is 46.1 Å². The zero-order chi connectivity index (χ0) is 22.1. The highest BCUT2D eigenvalue weighted by atomic mass is 127. The largest absolute Gasteiger partial charge is 0.457 e. The van der Waals surface area contributed by atoms with E-state index in [0.29, 0.717) is 22.7 Å². The van der Waals surface area contributed by atoms with Crippen molar-refractivity contribution in [3.63, 3.8) is 0 Å². The highest BCUT2D eigenvalue weighted by Gasteiger charge is 2.11. The molecule has 0 fully saturated rings. The maximum atomic E-state index is 12.2. The molecule has 0 saturated heterocycles. The summed E-state index contributed by atoms with van der Waals surface area (Å²) >= 11 is 2.16. The zero-order valence-corrected chi connectivity index (χ0v) is 18.5. The van der Waals surface area contributed by atoms with Gasteiger partial charge in [-0.3, -0.25) is 14.4 Å². The third-order valence-corrected chi connectivity index (χ3v) is 4.70. The molecular formula is C23H19IN2O5. The van der Waals surface area contributed by atoms with Crippen molar-refractivity contribution in [2.24, 2.45) is 0 Å². The van der Waals surface area contributed by atoms with Gasteiger partial charge in [0, 0.05) is 14.8 Å². The molecule has 0 atom stereocenters. The predicted molar refractivity (Wildman–Crippen MR) is 124 cm³/mol. The normalized spacial score (nSPS) is 10.1. The molecule has 0 spiro atoms. The van der Waals surface area contributed by atoms with Crippen molar-refractivity contribution in [2.45, 2.75) is 0 Å². The van der Waals surface area contributed by atoms with E-state index in [1.807, 2.05) is 42.5 Å². The predicted octanol–water partition coefficient (Wildman–Crippen LogP) is 4.00. The summed E-state index contributed by atoms with van der Waals surface area (Å²) in [6.45, 7) is -0.788. The molecule has 0 aliphatic heterocycles. The van der Waals surface area contributed by atoms with E-state index >= 15 is 0 Å². The first-order chi connectivity index (χ1) is 15.0. The van der Waals surface area contributed by atoms with Crippen LogP contribution in [0.5, 0.6) is 11.5 Å². The van der Waals surface area contributed by atoms with Crippen molar-refractivity contribution in [1.82, 2.24) is 5.32 Å². The lowest BCUT2D eigenvalue weighted by atomic mass is 10.2. The Balaban J connectivity index is 1.39. The van der Waals surface area contributed by atoms with Gasteiger partial charge in [-0.05, 0) is 83.3 Å². The third kappa shape index (κ3) is 7.41. The minimum absolute atomic E-state index is 0.349. The Labute approximate surface area is 192 Å². The van der Waals surface area contributed by atoms with E-state index < -0.39 is 24.4 Å². The number of carbonyl (C=O) groups excluding carboxylic acids is 3. The molecule has 0 aliphatic carbocycles. The molecule has 3 rings (SSSR count). The number of para-hydroxylation sites is 1. The maximum Gasteiger partial charge on any atom is 0.325 e. The summed E-state index contributed by atoms with van der Waals surface area (Å²) in [5.74, 6) is -0.341. The van der Waals surface area contributed by atoms with Gasteiger partial charge in [0.1, 0.15) is 18.0 Å². The van der Waals surface area contributed by atoms with Gasteiger partial charge in [0.25, 0.3) is 11.8 Å². The smallest absolute Gasteiger partial charge is 0.325 e. The van der Waals surface area contributed by atoms with Gasteiger partial charge < -0.3 is 20.1 Å². The number of rotatable bonds is 8. The average Bonchev–Trinajstić information content (AvgIpc) is 2.79. The molecule has 2 N–H and O–H groups in total. The first-order valence-corrected chi connectivity index (χ1v) is 10.4. The van der Waals surface area contributed by atoms with Gasteiger partial charge in [0.2, 0.25) is 0 Å². The van der Waals surface area contributed by atoms with Crippen LogP contribution in [0.4, 0.5) is 5.69 Å². The summed E-state index contributed by atoms with van der Waals surface area (Å²) in [4.78, 5) is 35.8. The topological polar surface area (TPSA) is 93.7 Å². The molecule has 31 heavy (non-hydrogen) atoms. The van der Waals surface area contributed by atoms with Crippen LogP contribution in [0.3, 0.4) is 0 Å². The molecular weight excluding hydrogens is 511 g/mol. The van der Waals surface area contributed by atoms with Crippen LogP contribution in [-0.4, -0.2) is 30.9 Å². The van der Waals surface area contributed by atoms with Crippen LogP contribution >= 0.6 is 22.6 Å². The number of esters is 1. The number of hydrogen-bond acceptors (Lipinski definition) is 5. The van der Waals surface area contributed by atoms with Gasteiger partial charge in [-0.15, -0.1) is 0 Å². The Morgan fingerprint density at radius 3 is 2.13 bits per heavy atom. The van der Waals surface area contributed by atoms with E-state index in [1.165, 1.54) is 0 Å². The lowest BCUT2D eigenvalue weighted by molar-refractivity contribution is -0.146. The zero-order valence-electron chi connectivity index (χ0n) is 16.3. The fourth-order valence-corrected chi connectivity index (χ4v) is 2.84. The molecule has 0 bridgehead atoms. The number of amides is 2.